The lowest BCUT2D eigenvalue weighted by Gasteiger charge is -2.09. The molecule has 0 radical (unpaired) electrons. The Hall–Kier alpha value is -4.40. The van der Waals surface area contributed by atoms with Crippen molar-refractivity contribution in [3.63, 3.8) is 0 Å². The van der Waals surface area contributed by atoms with Crippen molar-refractivity contribution < 1.29 is 14.3 Å². The maximum Gasteiger partial charge on any atom is 0.269 e. The first kappa shape index (κ1) is 19.9. The lowest BCUT2D eigenvalue weighted by Crippen LogP contribution is -2.12. The first-order chi connectivity index (χ1) is 15.0. The lowest BCUT2D eigenvalue weighted by atomic mass is 10.2. The van der Waals surface area contributed by atoms with Crippen molar-refractivity contribution in [3.05, 3.63) is 90.3 Å². The van der Waals surface area contributed by atoms with Crippen molar-refractivity contribution in [1.82, 2.24) is 19.3 Å². The molecule has 9 heteroatoms. The average Bonchev–Trinajstić information content (AvgIpc) is 3.42. The standard InChI is InChI=1S/C22H20N6O3/c1-27-13-11-24-20(27)14-31-18-8-2-15(3-9-18)22(30)25-16-4-6-17(7-5-16)28-12-10-19(26-28)21(23)29/h2-13H,14H2,1H3,(H2,23,29)(H,25,30). The molecule has 4 rings (SSSR count). The van der Waals surface area contributed by atoms with Gasteiger partial charge in [0.2, 0.25) is 0 Å². The first-order valence-electron chi connectivity index (χ1n) is 9.46. The third-order valence-corrected chi connectivity index (χ3v) is 4.64. The molecular weight excluding hydrogens is 396 g/mol. The highest BCUT2D eigenvalue weighted by Gasteiger charge is 2.09. The summed E-state index contributed by atoms with van der Waals surface area (Å²) >= 11 is 0. The number of aromatic nitrogens is 4. The second-order valence-electron chi connectivity index (χ2n) is 6.78. The molecule has 0 atom stereocenters. The topological polar surface area (TPSA) is 117 Å². The molecule has 0 aliphatic heterocycles. The predicted octanol–water partition coefficient (Wildman–Crippen LogP) is 2.54. The van der Waals surface area contributed by atoms with Gasteiger partial charge in [-0.3, -0.25) is 9.59 Å². The normalized spacial score (nSPS) is 10.6. The maximum atomic E-state index is 12.5. The van der Waals surface area contributed by atoms with E-state index in [1.807, 2.05) is 17.8 Å². The summed E-state index contributed by atoms with van der Waals surface area (Å²) in [6.07, 6.45) is 5.21. The van der Waals surface area contributed by atoms with E-state index in [1.54, 1.807) is 67.0 Å². The van der Waals surface area contributed by atoms with Crippen LogP contribution in [0.15, 0.2) is 73.2 Å². The van der Waals surface area contributed by atoms with Crippen LogP contribution in [0.4, 0.5) is 5.69 Å². The summed E-state index contributed by atoms with van der Waals surface area (Å²) < 4.78 is 9.13. The Labute approximate surface area is 178 Å². The SMILES string of the molecule is Cn1ccnc1COc1ccc(C(=O)Nc2ccc(-n3ccc(C(N)=O)n3)cc2)cc1. The van der Waals surface area contributed by atoms with Crippen LogP contribution in [-0.2, 0) is 13.7 Å². The van der Waals surface area contributed by atoms with Gasteiger partial charge < -0.3 is 20.4 Å². The number of benzene rings is 2. The molecule has 0 saturated carbocycles. The van der Waals surface area contributed by atoms with Gasteiger partial charge in [0.25, 0.3) is 11.8 Å². The van der Waals surface area contributed by atoms with E-state index in [-0.39, 0.29) is 11.6 Å². The quantitative estimate of drug-likeness (QED) is 0.480. The third kappa shape index (κ3) is 4.61. The van der Waals surface area contributed by atoms with Crippen molar-refractivity contribution >= 4 is 17.5 Å². The summed E-state index contributed by atoms with van der Waals surface area (Å²) in [6.45, 7) is 0.346. The number of nitrogens with zero attached hydrogens (tertiary/aromatic N) is 4. The highest BCUT2D eigenvalue weighted by atomic mass is 16.5. The van der Waals surface area contributed by atoms with Gasteiger partial charge in [-0.2, -0.15) is 5.10 Å². The Balaban J connectivity index is 1.36. The molecule has 0 spiro atoms. The molecule has 0 saturated heterocycles. The third-order valence-electron chi connectivity index (χ3n) is 4.64. The number of imidazole rings is 1. The van der Waals surface area contributed by atoms with Gasteiger partial charge >= 0.3 is 0 Å². The summed E-state index contributed by atoms with van der Waals surface area (Å²) in [5.74, 6) is 0.638. The van der Waals surface area contributed by atoms with Gasteiger partial charge in [0.1, 0.15) is 23.9 Å². The van der Waals surface area contributed by atoms with Gasteiger partial charge in [0.15, 0.2) is 0 Å². The van der Waals surface area contributed by atoms with E-state index in [0.717, 1.165) is 11.5 Å². The molecule has 156 valence electrons. The van der Waals surface area contributed by atoms with Gasteiger partial charge in [-0.15, -0.1) is 0 Å². The van der Waals surface area contributed by atoms with Crippen LogP contribution in [-0.4, -0.2) is 31.1 Å². The number of carbonyl (C=O) groups is 2. The van der Waals surface area contributed by atoms with Crippen molar-refractivity contribution in [2.45, 2.75) is 6.61 Å². The number of ether oxygens (including phenoxy) is 1. The van der Waals surface area contributed by atoms with Crippen molar-refractivity contribution in [3.8, 4) is 11.4 Å². The molecule has 4 aromatic rings. The van der Waals surface area contributed by atoms with Gasteiger partial charge in [0, 0.05) is 36.9 Å². The minimum atomic E-state index is -0.587. The molecule has 0 aliphatic rings. The predicted molar refractivity (Wildman–Crippen MR) is 114 cm³/mol. The maximum absolute atomic E-state index is 12.5. The molecule has 3 N–H and O–H groups in total. The van der Waals surface area contributed by atoms with E-state index in [2.05, 4.69) is 15.4 Å². The van der Waals surface area contributed by atoms with Gasteiger partial charge in [-0.05, 0) is 54.6 Å². The van der Waals surface area contributed by atoms with Crippen LogP contribution in [0.3, 0.4) is 0 Å². The molecule has 0 aliphatic carbocycles. The second-order valence-corrected chi connectivity index (χ2v) is 6.78. The van der Waals surface area contributed by atoms with Crippen molar-refractivity contribution in [1.29, 1.82) is 0 Å². The molecule has 2 amide bonds. The molecule has 31 heavy (non-hydrogen) atoms. The monoisotopic (exact) mass is 416 g/mol. The van der Waals surface area contributed by atoms with Crippen LogP contribution >= 0.6 is 0 Å². The second kappa shape index (κ2) is 8.54. The molecule has 9 nitrogen and oxygen atoms in total. The number of nitrogens with two attached hydrogens (primary N) is 1. The minimum Gasteiger partial charge on any atom is -0.486 e. The molecule has 0 bridgehead atoms. The number of primary amides is 1. The van der Waals surface area contributed by atoms with Crippen LogP contribution < -0.4 is 15.8 Å². The number of anilines is 1. The summed E-state index contributed by atoms with van der Waals surface area (Å²) in [6, 6.07) is 15.5. The number of rotatable bonds is 7. The summed E-state index contributed by atoms with van der Waals surface area (Å²) in [7, 11) is 1.90. The van der Waals surface area contributed by atoms with Crippen LogP contribution in [0.25, 0.3) is 5.69 Å². The Morgan fingerprint density at radius 3 is 2.39 bits per heavy atom. The molecule has 0 unspecified atom stereocenters. The summed E-state index contributed by atoms with van der Waals surface area (Å²) in [4.78, 5) is 27.9. The van der Waals surface area contributed by atoms with E-state index in [1.165, 1.54) is 4.68 Å². The van der Waals surface area contributed by atoms with Gasteiger partial charge in [-0.1, -0.05) is 0 Å². The zero-order chi connectivity index (χ0) is 21.8. The Morgan fingerprint density at radius 2 is 1.77 bits per heavy atom. The molecule has 2 aromatic carbocycles. The molecule has 2 heterocycles. The zero-order valence-electron chi connectivity index (χ0n) is 16.7. The number of aryl methyl sites for hydroxylation is 1. The fourth-order valence-corrected chi connectivity index (χ4v) is 2.89. The van der Waals surface area contributed by atoms with Crippen LogP contribution in [0.2, 0.25) is 0 Å². The Morgan fingerprint density at radius 1 is 1.03 bits per heavy atom. The van der Waals surface area contributed by atoms with Crippen molar-refractivity contribution in [2.24, 2.45) is 12.8 Å². The van der Waals surface area contributed by atoms with Crippen LogP contribution in [0.1, 0.15) is 26.7 Å². The highest BCUT2D eigenvalue weighted by molar-refractivity contribution is 6.04. The molecule has 2 aromatic heterocycles. The smallest absolute Gasteiger partial charge is 0.269 e. The van der Waals surface area contributed by atoms with Crippen LogP contribution in [0.5, 0.6) is 5.75 Å². The number of carbonyl (C=O) groups excluding carboxylic acids is 2. The number of nitrogens with one attached hydrogen (secondary N) is 1. The lowest BCUT2D eigenvalue weighted by molar-refractivity contribution is 0.0993. The summed E-state index contributed by atoms with van der Waals surface area (Å²) in [5.41, 5.74) is 7.28. The zero-order valence-corrected chi connectivity index (χ0v) is 16.7. The van der Waals surface area contributed by atoms with E-state index in [9.17, 15) is 9.59 Å². The Kier molecular flexibility index (Phi) is 5.48. The first-order valence-corrected chi connectivity index (χ1v) is 9.46. The Bertz CT molecular complexity index is 1210. The molecular formula is C22H20N6O3. The summed E-state index contributed by atoms with van der Waals surface area (Å²) in [5, 5.41) is 6.94. The highest BCUT2D eigenvalue weighted by Crippen LogP contribution is 2.17. The van der Waals surface area contributed by atoms with E-state index in [0.29, 0.717) is 23.6 Å². The van der Waals surface area contributed by atoms with E-state index in [4.69, 9.17) is 10.5 Å². The number of amides is 2. The fourth-order valence-electron chi connectivity index (χ4n) is 2.89. The van der Waals surface area contributed by atoms with E-state index < -0.39 is 5.91 Å². The van der Waals surface area contributed by atoms with Crippen molar-refractivity contribution in [2.75, 3.05) is 5.32 Å². The van der Waals surface area contributed by atoms with Gasteiger partial charge in [-0.25, -0.2) is 9.67 Å². The number of hydrogen-bond donors (Lipinski definition) is 2. The fraction of sp³-hybridized carbons (Fsp3) is 0.0909. The largest absolute Gasteiger partial charge is 0.486 e. The average molecular weight is 416 g/mol. The minimum absolute atomic E-state index is 0.185. The number of hydrogen-bond acceptors (Lipinski definition) is 5. The van der Waals surface area contributed by atoms with Crippen LogP contribution in [0, 0.1) is 0 Å². The van der Waals surface area contributed by atoms with Gasteiger partial charge in [0.05, 0.1) is 5.69 Å². The van der Waals surface area contributed by atoms with E-state index >= 15 is 0 Å². The molecule has 0 fully saturated rings.